The maximum absolute atomic E-state index is 12.7. The van der Waals surface area contributed by atoms with Crippen LogP contribution < -0.4 is 5.32 Å². The van der Waals surface area contributed by atoms with Crippen molar-refractivity contribution in [2.45, 2.75) is 44.3 Å². The largest absolute Gasteiger partial charge is 0.465 e. The molecule has 0 aliphatic heterocycles. The third-order valence-electron chi connectivity index (χ3n) is 5.13. The molecule has 0 atom stereocenters. The molecule has 0 radical (unpaired) electrons. The van der Waals surface area contributed by atoms with Crippen LogP contribution in [0, 0.1) is 6.92 Å². The van der Waals surface area contributed by atoms with Gasteiger partial charge in [-0.15, -0.1) is 21.5 Å². The number of benzene rings is 1. The van der Waals surface area contributed by atoms with Crippen LogP contribution >= 0.6 is 23.1 Å². The number of nitrogens with zero attached hydrogens (tertiary/aromatic N) is 3. The first-order valence-corrected chi connectivity index (χ1v) is 12.0. The van der Waals surface area contributed by atoms with E-state index in [1.165, 1.54) is 30.2 Å². The molecule has 7 nitrogen and oxygen atoms in total. The number of methoxy groups -OCH3 is 1. The summed E-state index contributed by atoms with van der Waals surface area (Å²) in [5.41, 5.74) is 3.16. The van der Waals surface area contributed by atoms with Gasteiger partial charge in [0.1, 0.15) is 16.4 Å². The van der Waals surface area contributed by atoms with Gasteiger partial charge >= 0.3 is 5.97 Å². The number of aryl methyl sites for hydroxylation is 1. The summed E-state index contributed by atoms with van der Waals surface area (Å²) in [7, 11) is 1.34. The molecule has 1 saturated carbocycles. The zero-order valence-corrected chi connectivity index (χ0v) is 19.3. The Hall–Kier alpha value is -2.65. The molecule has 3 aromatic rings. The zero-order chi connectivity index (χ0) is 22.0. The third-order valence-corrected chi connectivity index (χ3v) is 6.99. The minimum absolute atomic E-state index is 0.182. The maximum atomic E-state index is 12.7. The van der Waals surface area contributed by atoms with Crippen molar-refractivity contribution in [1.29, 1.82) is 0 Å². The standard InChI is InChI=1S/C22H24N4O3S2/c1-4-26-19(15-9-10-15)24-25-22(26)31-12-17(27)23-20-18(21(28)29-3)16(11-30-20)14-7-5-13(2)6-8-14/h5-8,11,15H,4,9-10,12H2,1-3H3,(H,23,27). The van der Waals surface area contributed by atoms with Crippen molar-refractivity contribution >= 4 is 40.0 Å². The first-order valence-electron chi connectivity index (χ1n) is 10.1. The van der Waals surface area contributed by atoms with Gasteiger partial charge in [-0.05, 0) is 32.3 Å². The molecular formula is C22H24N4O3S2. The molecular weight excluding hydrogens is 432 g/mol. The Bertz CT molecular complexity index is 1100. The molecule has 0 saturated heterocycles. The van der Waals surface area contributed by atoms with E-state index in [4.69, 9.17) is 4.74 Å². The summed E-state index contributed by atoms with van der Waals surface area (Å²) in [5, 5.41) is 14.6. The number of ether oxygens (including phenoxy) is 1. The van der Waals surface area contributed by atoms with Crippen molar-refractivity contribution in [2.24, 2.45) is 0 Å². The minimum atomic E-state index is -0.473. The van der Waals surface area contributed by atoms with Crippen LogP contribution in [0.25, 0.3) is 11.1 Å². The van der Waals surface area contributed by atoms with Gasteiger partial charge in [0.25, 0.3) is 0 Å². The Labute approximate surface area is 189 Å². The molecule has 1 amide bonds. The van der Waals surface area contributed by atoms with Crippen molar-refractivity contribution in [1.82, 2.24) is 14.8 Å². The molecule has 1 aliphatic rings. The third kappa shape index (κ3) is 4.67. The summed E-state index contributed by atoms with van der Waals surface area (Å²) < 4.78 is 7.06. The fraction of sp³-hybridized carbons (Fsp3) is 0.364. The molecule has 1 fully saturated rings. The number of hydrogen-bond donors (Lipinski definition) is 1. The number of nitrogens with one attached hydrogen (secondary N) is 1. The number of esters is 1. The summed E-state index contributed by atoms with van der Waals surface area (Å²) in [6.45, 7) is 4.84. The first kappa shape index (κ1) is 21.6. The lowest BCUT2D eigenvalue weighted by Gasteiger charge is -2.09. The van der Waals surface area contributed by atoms with Crippen molar-refractivity contribution in [3.05, 3.63) is 46.6 Å². The second-order valence-electron chi connectivity index (χ2n) is 7.41. The second-order valence-corrected chi connectivity index (χ2v) is 9.23. The van der Waals surface area contributed by atoms with Crippen LogP contribution in [-0.2, 0) is 16.1 Å². The SMILES string of the molecule is CCn1c(SCC(=O)Nc2scc(-c3ccc(C)cc3)c2C(=O)OC)nnc1C1CC1. The van der Waals surface area contributed by atoms with Crippen LogP contribution in [-0.4, -0.2) is 39.5 Å². The second kappa shape index (κ2) is 9.23. The highest BCUT2D eigenvalue weighted by Gasteiger charge is 2.30. The van der Waals surface area contributed by atoms with Crippen molar-refractivity contribution in [2.75, 3.05) is 18.2 Å². The molecule has 4 rings (SSSR count). The zero-order valence-electron chi connectivity index (χ0n) is 17.7. The van der Waals surface area contributed by atoms with Crippen molar-refractivity contribution < 1.29 is 14.3 Å². The van der Waals surface area contributed by atoms with Gasteiger partial charge in [-0.3, -0.25) is 4.79 Å². The van der Waals surface area contributed by atoms with Crippen LogP contribution in [0.1, 0.15) is 47.4 Å². The predicted octanol–water partition coefficient (Wildman–Crippen LogP) is 4.73. The highest BCUT2D eigenvalue weighted by atomic mass is 32.2. The number of hydrogen-bond acceptors (Lipinski definition) is 7. The summed E-state index contributed by atoms with van der Waals surface area (Å²) in [4.78, 5) is 25.1. The predicted molar refractivity (Wildman–Crippen MR) is 123 cm³/mol. The number of carbonyl (C=O) groups is 2. The van der Waals surface area contributed by atoms with Gasteiger partial charge < -0.3 is 14.6 Å². The average Bonchev–Trinajstić information content (AvgIpc) is 3.41. The van der Waals surface area contributed by atoms with Crippen molar-refractivity contribution in [3.8, 4) is 11.1 Å². The van der Waals surface area contributed by atoms with E-state index >= 15 is 0 Å². The smallest absolute Gasteiger partial charge is 0.341 e. The van der Waals surface area contributed by atoms with E-state index in [-0.39, 0.29) is 11.7 Å². The van der Waals surface area contributed by atoms with Gasteiger partial charge in [-0.2, -0.15) is 0 Å². The number of aromatic nitrogens is 3. The molecule has 1 aromatic carbocycles. The number of carbonyl (C=O) groups excluding carboxylic acids is 2. The van der Waals surface area contributed by atoms with Gasteiger partial charge in [0.15, 0.2) is 5.16 Å². The molecule has 9 heteroatoms. The number of thioether (sulfide) groups is 1. The Kier molecular flexibility index (Phi) is 6.43. The molecule has 2 aromatic heterocycles. The van der Waals surface area contributed by atoms with Gasteiger partial charge in [0.05, 0.1) is 12.9 Å². The molecule has 0 bridgehead atoms. The van der Waals surface area contributed by atoms with Gasteiger partial charge in [-0.1, -0.05) is 41.6 Å². The Morgan fingerprint density at radius 3 is 2.65 bits per heavy atom. The molecule has 0 spiro atoms. The minimum Gasteiger partial charge on any atom is -0.465 e. The van der Waals surface area contributed by atoms with Crippen LogP contribution in [0.5, 0.6) is 0 Å². The van der Waals surface area contributed by atoms with E-state index in [9.17, 15) is 9.59 Å². The fourth-order valence-electron chi connectivity index (χ4n) is 3.34. The molecule has 162 valence electrons. The highest BCUT2D eigenvalue weighted by Crippen LogP contribution is 2.40. The first-order chi connectivity index (χ1) is 15.0. The molecule has 0 unspecified atom stereocenters. The highest BCUT2D eigenvalue weighted by molar-refractivity contribution is 7.99. The maximum Gasteiger partial charge on any atom is 0.341 e. The van der Waals surface area contributed by atoms with Crippen LogP contribution in [0.4, 0.5) is 5.00 Å². The number of anilines is 1. The monoisotopic (exact) mass is 456 g/mol. The summed E-state index contributed by atoms with van der Waals surface area (Å²) in [5.74, 6) is 1.02. The van der Waals surface area contributed by atoms with Crippen molar-refractivity contribution in [3.63, 3.8) is 0 Å². The lowest BCUT2D eigenvalue weighted by atomic mass is 10.0. The quantitative estimate of drug-likeness (QED) is 0.390. The number of thiophene rings is 1. The number of rotatable bonds is 8. The van der Waals surface area contributed by atoms with E-state index in [2.05, 4.69) is 27.0 Å². The van der Waals surface area contributed by atoms with Gasteiger partial charge in [-0.25, -0.2) is 4.79 Å². The van der Waals surface area contributed by atoms with E-state index < -0.39 is 5.97 Å². The summed E-state index contributed by atoms with van der Waals surface area (Å²) in [6, 6.07) is 7.89. The Morgan fingerprint density at radius 2 is 2.00 bits per heavy atom. The number of amides is 1. The van der Waals surface area contributed by atoms with E-state index in [0.717, 1.165) is 47.1 Å². The van der Waals surface area contributed by atoms with Gasteiger partial charge in [0.2, 0.25) is 5.91 Å². The van der Waals surface area contributed by atoms with E-state index in [0.29, 0.717) is 16.5 Å². The topological polar surface area (TPSA) is 86.1 Å². The lowest BCUT2D eigenvalue weighted by molar-refractivity contribution is -0.113. The van der Waals surface area contributed by atoms with E-state index in [1.807, 2.05) is 36.6 Å². The van der Waals surface area contributed by atoms with Crippen LogP contribution in [0.15, 0.2) is 34.8 Å². The molecule has 1 aliphatic carbocycles. The molecule has 2 heterocycles. The van der Waals surface area contributed by atoms with E-state index in [1.54, 1.807) is 0 Å². The van der Waals surface area contributed by atoms with Gasteiger partial charge in [0, 0.05) is 23.4 Å². The Morgan fingerprint density at radius 1 is 1.26 bits per heavy atom. The molecule has 1 N–H and O–H groups in total. The molecule has 31 heavy (non-hydrogen) atoms. The van der Waals surface area contributed by atoms with Crippen LogP contribution in [0.2, 0.25) is 0 Å². The summed E-state index contributed by atoms with van der Waals surface area (Å²) in [6.07, 6.45) is 2.31. The lowest BCUT2D eigenvalue weighted by Crippen LogP contribution is -2.16. The van der Waals surface area contributed by atoms with Crippen LogP contribution in [0.3, 0.4) is 0 Å². The fourth-order valence-corrected chi connectivity index (χ4v) is 5.12. The Balaban J connectivity index is 1.49. The summed E-state index contributed by atoms with van der Waals surface area (Å²) >= 11 is 2.67. The average molecular weight is 457 g/mol. The normalized spacial score (nSPS) is 13.3.